The molecule has 0 radical (unpaired) electrons. The molecule has 2 amide bonds. The number of hydrogen-bond donors (Lipinski definition) is 0. The second-order valence-electron chi connectivity index (χ2n) is 8.13. The van der Waals surface area contributed by atoms with E-state index in [0.29, 0.717) is 6.54 Å². The number of rotatable bonds is 3. The lowest BCUT2D eigenvalue weighted by molar-refractivity contribution is -0.146. The molecule has 7 nitrogen and oxygen atoms in total. The van der Waals surface area contributed by atoms with Crippen LogP contribution in [0.5, 0.6) is 0 Å². The Balaban J connectivity index is 1.94. The number of carbonyl (C=O) groups excluding carboxylic acids is 3. The Labute approximate surface area is 164 Å². The van der Waals surface area contributed by atoms with Crippen LogP contribution in [0.25, 0.3) is 0 Å². The average Bonchev–Trinajstić information content (AvgIpc) is 2.93. The van der Waals surface area contributed by atoms with Gasteiger partial charge in [-0.1, -0.05) is 36.9 Å². The van der Waals surface area contributed by atoms with Crippen molar-refractivity contribution in [1.29, 1.82) is 0 Å². The first-order chi connectivity index (χ1) is 13.1. The standard InChI is InChI=1S/C21H26N2O5/c1-13-17-15(19(25)27-5)11-16(22(17)12-14-9-7-6-8-10-14)18(24)23(13)20(26)28-21(2,3)4/h6-10,15-17H,1,11-12H2,2-5H3/t15-,16+,17+/m0/s1. The molecule has 3 rings (SSSR count). The molecule has 2 saturated heterocycles. The number of carbonyl (C=O) groups is 3. The van der Waals surface area contributed by atoms with E-state index in [9.17, 15) is 14.4 Å². The van der Waals surface area contributed by atoms with Gasteiger partial charge in [0.25, 0.3) is 5.91 Å². The maximum absolute atomic E-state index is 13.1. The third kappa shape index (κ3) is 3.67. The maximum atomic E-state index is 13.1. The number of esters is 1. The van der Waals surface area contributed by atoms with Crippen LogP contribution in [0.3, 0.4) is 0 Å². The van der Waals surface area contributed by atoms with E-state index in [-0.39, 0.29) is 12.1 Å². The molecule has 1 aromatic carbocycles. The van der Waals surface area contributed by atoms with E-state index < -0.39 is 41.6 Å². The van der Waals surface area contributed by atoms with Crippen LogP contribution in [0.4, 0.5) is 4.79 Å². The predicted molar refractivity (Wildman–Crippen MR) is 102 cm³/mol. The summed E-state index contributed by atoms with van der Waals surface area (Å²) >= 11 is 0. The minimum atomic E-state index is -0.762. The molecule has 0 saturated carbocycles. The van der Waals surface area contributed by atoms with E-state index in [1.165, 1.54) is 7.11 Å². The number of amides is 2. The number of piperazine rings is 1. The van der Waals surface area contributed by atoms with Gasteiger partial charge in [-0.2, -0.15) is 0 Å². The quantitative estimate of drug-likeness (QED) is 0.744. The third-order valence-corrected chi connectivity index (χ3v) is 5.04. The minimum absolute atomic E-state index is 0.249. The van der Waals surface area contributed by atoms with Gasteiger partial charge in [0, 0.05) is 12.2 Å². The zero-order valence-electron chi connectivity index (χ0n) is 16.7. The van der Waals surface area contributed by atoms with E-state index in [4.69, 9.17) is 9.47 Å². The lowest BCUT2D eigenvalue weighted by Gasteiger charge is -2.41. The summed E-state index contributed by atoms with van der Waals surface area (Å²) < 4.78 is 10.3. The fraction of sp³-hybridized carbons (Fsp3) is 0.476. The summed E-state index contributed by atoms with van der Waals surface area (Å²) in [6.45, 7) is 9.65. The van der Waals surface area contributed by atoms with Crippen molar-refractivity contribution < 1.29 is 23.9 Å². The number of hydrogen-bond acceptors (Lipinski definition) is 6. The topological polar surface area (TPSA) is 76.2 Å². The highest BCUT2D eigenvalue weighted by Crippen LogP contribution is 2.42. The second-order valence-corrected chi connectivity index (χ2v) is 8.13. The molecule has 2 aliphatic heterocycles. The van der Waals surface area contributed by atoms with Crippen LogP contribution in [0, 0.1) is 5.92 Å². The normalized spacial score (nSPS) is 25.0. The number of likely N-dealkylation sites (tertiary alicyclic amines) is 1. The molecule has 0 aliphatic carbocycles. The van der Waals surface area contributed by atoms with Gasteiger partial charge in [0.2, 0.25) is 0 Å². The summed E-state index contributed by atoms with van der Waals surface area (Å²) in [7, 11) is 1.32. The average molecular weight is 386 g/mol. The molecule has 7 heteroatoms. The van der Waals surface area contributed by atoms with Crippen LogP contribution >= 0.6 is 0 Å². The number of imide groups is 1. The molecule has 2 bridgehead atoms. The molecule has 0 unspecified atom stereocenters. The number of nitrogens with zero attached hydrogens (tertiary/aromatic N) is 2. The molecule has 28 heavy (non-hydrogen) atoms. The zero-order chi connectivity index (χ0) is 20.6. The van der Waals surface area contributed by atoms with Crippen LogP contribution in [0.1, 0.15) is 32.8 Å². The lowest BCUT2D eigenvalue weighted by atomic mass is 9.98. The highest BCUT2D eigenvalue weighted by molar-refractivity contribution is 5.99. The lowest BCUT2D eigenvalue weighted by Crippen LogP contribution is -2.58. The van der Waals surface area contributed by atoms with Crippen molar-refractivity contribution in [3.8, 4) is 0 Å². The Morgan fingerprint density at radius 3 is 2.43 bits per heavy atom. The van der Waals surface area contributed by atoms with Gasteiger partial charge in [0.1, 0.15) is 5.60 Å². The molecule has 0 spiro atoms. The largest absolute Gasteiger partial charge is 0.469 e. The van der Waals surface area contributed by atoms with E-state index in [1.807, 2.05) is 35.2 Å². The second kappa shape index (κ2) is 7.39. The van der Waals surface area contributed by atoms with E-state index in [2.05, 4.69) is 6.58 Å². The van der Waals surface area contributed by atoms with Gasteiger partial charge in [-0.05, 0) is 32.8 Å². The van der Waals surface area contributed by atoms with E-state index in [1.54, 1.807) is 20.8 Å². The Bertz CT molecular complexity index is 799. The summed E-state index contributed by atoms with van der Waals surface area (Å²) in [5.41, 5.74) is 0.508. The Morgan fingerprint density at radius 1 is 1.21 bits per heavy atom. The highest BCUT2D eigenvalue weighted by atomic mass is 16.6. The molecule has 2 aliphatic rings. The third-order valence-electron chi connectivity index (χ3n) is 5.04. The first kappa shape index (κ1) is 20.1. The summed E-state index contributed by atoms with van der Waals surface area (Å²) in [6.07, 6.45) is -0.483. The van der Waals surface area contributed by atoms with Gasteiger partial charge in [0.15, 0.2) is 0 Å². The Morgan fingerprint density at radius 2 is 1.86 bits per heavy atom. The van der Waals surface area contributed by atoms with Gasteiger partial charge in [-0.3, -0.25) is 14.5 Å². The number of fused-ring (bicyclic) bond motifs is 2. The summed E-state index contributed by atoms with van der Waals surface area (Å²) in [5, 5.41) is 0. The fourth-order valence-electron chi connectivity index (χ4n) is 3.91. The van der Waals surface area contributed by atoms with Gasteiger partial charge >= 0.3 is 12.1 Å². The monoisotopic (exact) mass is 386 g/mol. The molecule has 1 aromatic rings. The first-order valence-corrected chi connectivity index (χ1v) is 9.27. The van der Waals surface area contributed by atoms with Crippen molar-refractivity contribution in [3.05, 3.63) is 48.2 Å². The van der Waals surface area contributed by atoms with Gasteiger partial charge in [-0.15, -0.1) is 0 Å². The van der Waals surface area contributed by atoms with Crippen molar-refractivity contribution >= 4 is 18.0 Å². The van der Waals surface area contributed by atoms with Gasteiger partial charge in [-0.25, -0.2) is 9.69 Å². The molecule has 150 valence electrons. The number of methoxy groups -OCH3 is 1. The fourth-order valence-corrected chi connectivity index (χ4v) is 3.91. The summed E-state index contributed by atoms with van der Waals surface area (Å²) in [6, 6.07) is 8.54. The first-order valence-electron chi connectivity index (χ1n) is 9.27. The smallest absolute Gasteiger partial charge is 0.421 e. The number of ether oxygens (including phenoxy) is 2. The molecule has 0 N–H and O–H groups in total. The summed E-state index contributed by atoms with van der Waals surface area (Å²) in [4.78, 5) is 41.1. The molecular weight excluding hydrogens is 360 g/mol. The number of benzene rings is 1. The van der Waals surface area contributed by atoms with Crippen LogP contribution in [0.2, 0.25) is 0 Å². The minimum Gasteiger partial charge on any atom is -0.469 e. The van der Waals surface area contributed by atoms with Crippen LogP contribution < -0.4 is 0 Å². The molecule has 2 fully saturated rings. The SMILES string of the molecule is C=C1[C@@H]2[C@@H](C(=O)OC)C[C@H](C(=O)N1C(=O)OC(C)(C)C)N2Cc1ccccc1. The van der Waals surface area contributed by atoms with Gasteiger partial charge < -0.3 is 9.47 Å². The van der Waals surface area contributed by atoms with Crippen LogP contribution in [0.15, 0.2) is 42.6 Å². The summed E-state index contributed by atoms with van der Waals surface area (Å²) in [5.74, 6) is -1.40. The van der Waals surface area contributed by atoms with Crippen molar-refractivity contribution in [3.63, 3.8) is 0 Å². The molecule has 3 atom stereocenters. The van der Waals surface area contributed by atoms with Crippen LogP contribution in [-0.4, -0.2) is 52.6 Å². The van der Waals surface area contributed by atoms with E-state index >= 15 is 0 Å². The maximum Gasteiger partial charge on any atom is 0.421 e. The van der Waals surface area contributed by atoms with Crippen molar-refractivity contribution in [2.24, 2.45) is 5.92 Å². The molecule has 2 heterocycles. The molecular formula is C21H26N2O5. The molecule has 0 aromatic heterocycles. The predicted octanol–water partition coefficient (Wildman–Crippen LogP) is 2.71. The van der Waals surface area contributed by atoms with Crippen molar-refractivity contribution in [1.82, 2.24) is 9.80 Å². The Hall–Kier alpha value is -2.67. The Kier molecular flexibility index (Phi) is 5.30. The van der Waals surface area contributed by atoms with Crippen LogP contribution in [-0.2, 0) is 25.6 Å². The zero-order valence-corrected chi connectivity index (χ0v) is 16.7. The van der Waals surface area contributed by atoms with E-state index in [0.717, 1.165) is 10.5 Å². The highest BCUT2D eigenvalue weighted by Gasteiger charge is 2.57. The van der Waals surface area contributed by atoms with Crippen molar-refractivity contribution in [2.45, 2.75) is 51.4 Å². The van der Waals surface area contributed by atoms with Crippen molar-refractivity contribution in [2.75, 3.05) is 7.11 Å². The van der Waals surface area contributed by atoms with Gasteiger partial charge in [0.05, 0.1) is 25.1 Å².